The SMILES string of the molecule is c1ccc(-c2ccc(-c3cccc(N(c4ccccc4)c4ccc(-c5cccc(-c6ccccc6)c5-n5c6ccccc6c6c7ccccc7ccc65)cc4)c3)cc2)cc1. The fraction of sp³-hybridized carbons (Fsp3) is 0. The third-order valence-corrected chi connectivity index (χ3v) is 11.8. The molecule has 11 rings (SSSR count). The van der Waals surface area contributed by atoms with Gasteiger partial charge in [-0.15, -0.1) is 0 Å². The summed E-state index contributed by atoms with van der Waals surface area (Å²) in [7, 11) is 0. The molecule has 11 aromatic rings. The third kappa shape index (κ3) is 6.23. The van der Waals surface area contributed by atoms with E-state index in [4.69, 9.17) is 0 Å². The predicted molar refractivity (Wildman–Crippen MR) is 255 cm³/mol. The minimum Gasteiger partial charge on any atom is -0.310 e. The van der Waals surface area contributed by atoms with Crippen molar-refractivity contribution in [2.75, 3.05) is 4.90 Å². The van der Waals surface area contributed by atoms with Crippen LogP contribution in [0.3, 0.4) is 0 Å². The first kappa shape index (κ1) is 35.2. The molecule has 2 heteroatoms. The van der Waals surface area contributed by atoms with Gasteiger partial charge in [0.05, 0.1) is 16.7 Å². The molecule has 0 aliphatic heterocycles. The van der Waals surface area contributed by atoms with Crippen LogP contribution in [-0.4, -0.2) is 4.57 Å². The molecular weight excluding hydrogens is 725 g/mol. The summed E-state index contributed by atoms with van der Waals surface area (Å²) in [5.41, 5.74) is 16.3. The molecule has 10 aromatic carbocycles. The van der Waals surface area contributed by atoms with Crippen molar-refractivity contribution in [2.24, 2.45) is 0 Å². The molecule has 60 heavy (non-hydrogen) atoms. The summed E-state index contributed by atoms with van der Waals surface area (Å²) >= 11 is 0. The van der Waals surface area contributed by atoms with E-state index >= 15 is 0 Å². The zero-order valence-electron chi connectivity index (χ0n) is 33.0. The average Bonchev–Trinajstić information content (AvgIpc) is 3.67. The molecule has 1 heterocycles. The molecule has 0 aliphatic carbocycles. The standard InChI is InChI=1S/C58H40N2/c1-4-16-41(17-5-1)42-30-32-43(33-31-42)47-21-14-24-50(40-47)59(48-22-8-3-9-23-48)49-37-34-46(35-38-49)53-28-15-27-52(44-18-6-2-7-19-44)58(53)60-55-29-13-12-26-54(55)57-51-25-11-10-20-45(51)36-39-56(57)60/h1-40H. The number of rotatable bonds is 8. The van der Waals surface area contributed by atoms with Gasteiger partial charge in [0.1, 0.15) is 0 Å². The van der Waals surface area contributed by atoms with Gasteiger partial charge in [0, 0.05) is 39.0 Å². The van der Waals surface area contributed by atoms with Crippen molar-refractivity contribution >= 4 is 49.6 Å². The van der Waals surface area contributed by atoms with Gasteiger partial charge in [0.25, 0.3) is 0 Å². The quantitative estimate of drug-likeness (QED) is 0.150. The molecule has 0 saturated heterocycles. The normalized spacial score (nSPS) is 11.3. The van der Waals surface area contributed by atoms with E-state index in [-0.39, 0.29) is 0 Å². The Bertz CT molecular complexity index is 3270. The first-order valence-corrected chi connectivity index (χ1v) is 20.6. The summed E-state index contributed by atoms with van der Waals surface area (Å²) in [4.78, 5) is 2.35. The molecule has 282 valence electrons. The van der Waals surface area contributed by atoms with Crippen LogP contribution >= 0.6 is 0 Å². The molecule has 0 radical (unpaired) electrons. The Morgan fingerprint density at radius 2 is 0.767 bits per heavy atom. The molecule has 0 spiro atoms. The lowest BCUT2D eigenvalue weighted by molar-refractivity contribution is 1.18. The zero-order valence-corrected chi connectivity index (χ0v) is 33.0. The molecule has 0 bridgehead atoms. The second kappa shape index (κ2) is 15.1. The Labute approximate surface area is 350 Å². The van der Waals surface area contributed by atoms with Crippen molar-refractivity contribution in [1.82, 2.24) is 4.57 Å². The van der Waals surface area contributed by atoms with Gasteiger partial charge in [-0.2, -0.15) is 0 Å². The van der Waals surface area contributed by atoms with E-state index in [0.717, 1.165) is 22.6 Å². The van der Waals surface area contributed by atoms with Crippen molar-refractivity contribution in [3.8, 4) is 50.2 Å². The van der Waals surface area contributed by atoms with Crippen molar-refractivity contribution < 1.29 is 0 Å². The van der Waals surface area contributed by atoms with E-state index in [1.165, 1.54) is 77.2 Å². The highest BCUT2D eigenvalue weighted by Crippen LogP contribution is 2.44. The Balaban J connectivity index is 1.05. The number of fused-ring (bicyclic) bond motifs is 5. The first-order valence-electron chi connectivity index (χ1n) is 20.6. The van der Waals surface area contributed by atoms with E-state index < -0.39 is 0 Å². The van der Waals surface area contributed by atoms with Crippen molar-refractivity contribution in [3.05, 3.63) is 243 Å². The van der Waals surface area contributed by atoms with Crippen LogP contribution in [0.25, 0.3) is 82.8 Å². The fourth-order valence-electron chi connectivity index (χ4n) is 8.97. The second-order valence-corrected chi connectivity index (χ2v) is 15.3. The monoisotopic (exact) mass is 764 g/mol. The zero-order chi connectivity index (χ0) is 39.8. The van der Waals surface area contributed by atoms with Crippen LogP contribution in [-0.2, 0) is 0 Å². The maximum atomic E-state index is 2.50. The average molecular weight is 765 g/mol. The number of hydrogen-bond donors (Lipinski definition) is 0. The third-order valence-electron chi connectivity index (χ3n) is 11.8. The molecule has 0 amide bonds. The predicted octanol–water partition coefficient (Wildman–Crippen LogP) is 16.1. The number of para-hydroxylation sites is 3. The summed E-state index contributed by atoms with van der Waals surface area (Å²) in [6.45, 7) is 0. The summed E-state index contributed by atoms with van der Waals surface area (Å²) in [6.07, 6.45) is 0. The topological polar surface area (TPSA) is 8.17 Å². The lowest BCUT2D eigenvalue weighted by atomic mass is 9.95. The van der Waals surface area contributed by atoms with Crippen LogP contribution in [0.5, 0.6) is 0 Å². The van der Waals surface area contributed by atoms with E-state index in [0.29, 0.717) is 0 Å². The van der Waals surface area contributed by atoms with Crippen LogP contribution in [0, 0.1) is 0 Å². The molecular formula is C58H40N2. The van der Waals surface area contributed by atoms with Crippen LogP contribution in [0.4, 0.5) is 17.1 Å². The smallest absolute Gasteiger partial charge is 0.0618 e. The number of benzene rings is 10. The number of hydrogen-bond acceptors (Lipinski definition) is 1. The van der Waals surface area contributed by atoms with Crippen molar-refractivity contribution in [2.45, 2.75) is 0 Å². The lowest BCUT2D eigenvalue weighted by Crippen LogP contribution is -2.10. The van der Waals surface area contributed by atoms with Gasteiger partial charge in [-0.3, -0.25) is 0 Å². The van der Waals surface area contributed by atoms with Gasteiger partial charge in [-0.25, -0.2) is 0 Å². The highest BCUT2D eigenvalue weighted by Gasteiger charge is 2.21. The number of nitrogens with zero attached hydrogens (tertiary/aromatic N) is 2. The highest BCUT2D eigenvalue weighted by molar-refractivity contribution is 6.21. The van der Waals surface area contributed by atoms with Gasteiger partial charge in [0.2, 0.25) is 0 Å². The van der Waals surface area contributed by atoms with E-state index in [1.54, 1.807) is 0 Å². The number of anilines is 3. The Morgan fingerprint density at radius 1 is 0.283 bits per heavy atom. The van der Waals surface area contributed by atoms with Crippen LogP contribution in [0.2, 0.25) is 0 Å². The molecule has 0 saturated carbocycles. The minimum absolute atomic E-state index is 1.09. The van der Waals surface area contributed by atoms with E-state index in [1.807, 2.05) is 0 Å². The van der Waals surface area contributed by atoms with Gasteiger partial charge < -0.3 is 9.47 Å². The maximum absolute atomic E-state index is 2.50. The van der Waals surface area contributed by atoms with E-state index in [9.17, 15) is 0 Å². The van der Waals surface area contributed by atoms with Crippen LogP contribution in [0.1, 0.15) is 0 Å². The summed E-state index contributed by atoms with van der Waals surface area (Å²) in [6, 6.07) is 87.8. The van der Waals surface area contributed by atoms with Crippen molar-refractivity contribution in [1.29, 1.82) is 0 Å². The van der Waals surface area contributed by atoms with Gasteiger partial charge >= 0.3 is 0 Å². The lowest BCUT2D eigenvalue weighted by Gasteiger charge is -2.26. The summed E-state index contributed by atoms with van der Waals surface area (Å²) < 4.78 is 2.50. The molecule has 0 atom stereocenters. The molecule has 2 nitrogen and oxygen atoms in total. The largest absolute Gasteiger partial charge is 0.310 e. The fourth-order valence-corrected chi connectivity index (χ4v) is 8.97. The molecule has 0 fully saturated rings. The van der Waals surface area contributed by atoms with Crippen molar-refractivity contribution in [3.63, 3.8) is 0 Å². The van der Waals surface area contributed by atoms with Gasteiger partial charge in [0.15, 0.2) is 0 Å². The maximum Gasteiger partial charge on any atom is 0.0618 e. The molecule has 0 aliphatic rings. The van der Waals surface area contributed by atoms with Gasteiger partial charge in [-0.1, -0.05) is 194 Å². The summed E-state index contributed by atoms with van der Waals surface area (Å²) in [5.74, 6) is 0. The van der Waals surface area contributed by atoms with Crippen LogP contribution < -0.4 is 4.90 Å². The Hall–Kier alpha value is -7.94. The van der Waals surface area contributed by atoms with Crippen LogP contribution in [0.15, 0.2) is 243 Å². The number of aromatic nitrogens is 1. The molecule has 0 unspecified atom stereocenters. The first-order chi connectivity index (χ1) is 29.8. The Kier molecular flexibility index (Phi) is 8.87. The van der Waals surface area contributed by atoms with Gasteiger partial charge in [-0.05, 0) is 92.7 Å². The Morgan fingerprint density at radius 3 is 1.48 bits per heavy atom. The summed E-state index contributed by atoms with van der Waals surface area (Å²) in [5, 5.41) is 5.04. The second-order valence-electron chi connectivity index (χ2n) is 15.3. The minimum atomic E-state index is 1.09. The highest BCUT2D eigenvalue weighted by atomic mass is 15.1. The van der Waals surface area contributed by atoms with E-state index in [2.05, 4.69) is 252 Å². The molecule has 0 N–H and O–H groups in total. The molecule has 1 aromatic heterocycles.